The van der Waals surface area contributed by atoms with Crippen molar-refractivity contribution in [1.29, 1.82) is 0 Å². The van der Waals surface area contributed by atoms with Crippen LogP contribution in [0.4, 0.5) is 11.4 Å². The topological polar surface area (TPSA) is 29.3 Å². The SMILES string of the molecule is CCN(c1ccc(C(N)=S)cc1)c1cccc(C)c1. The number of rotatable bonds is 4. The van der Waals surface area contributed by atoms with Crippen molar-refractivity contribution in [2.75, 3.05) is 11.4 Å². The number of benzene rings is 2. The van der Waals surface area contributed by atoms with E-state index in [4.69, 9.17) is 18.0 Å². The number of nitrogens with zero attached hydrogens (tertiary/aromatic N) is 1. The molecule has 2 aromatic rings. The highest BCUT2D eigenvalue weighted by Crippen LogP contribution is 2.25. The van der Waals surface area contributed by atoms with E-state index < -0.39 is 0 Å². The Morgan fingerprint density at radius 1 is 1.11 bits per heavy atom. The van der Waals surface area contributed by atoms with Gasteiger partial charge in [-0.3, -0.25) is 0 Å². The van der Waals surface area contributed by atoms with Gasteiger partial charge in [-0.2, -0.15) is 0 Å². The minimum absolute atomic E-state index is 0.435. The highest BCUT2D eigenvalue weighted by atomic mass is 32.1. The van der Waals surface area contributed by atoms with Crippen molar-refractivity contribution in [3.63, 3.8) is 0 Å². The standard InChI is InChI=1S/C16H18N2S/c1-3-18(15-6-4-5-12(2)11-15)14-9-7-13(8-10-14)16(17)19/h4-11H,3H2,1-2H3,(H2,17,19). The summed E-state index contributed by atoms with van der Waals surface area (Å²) in [5, 5.41) is 0. The van der Waals surface area contributed by atoms with Crippen LogP contribution in [0.1, 0.15) is 18.1 Å². The third-order valence-electron chi connectivity index (χ3n) is 3.09. The van der Waals surface area contributed by atoms with Gasteiger partial charge < -0.3 is 10.6 Å². The van der Waals surface area contributed by atoms with Gasteiger partial charge >= 0.3 is 0 Å². The predicted octanol–water partition coefficient (Wildman–Crippen LogP) is 3.79. The van der Waals surface area contributed by atoms with Crippen LogP contribution in [-0.4, -0.2) is 11.5 Å². The first-order valence-electron chi connectivity index (χ1n) is 6.36. The molecular weight excluding hydrogens is 252 g/mol. The molecule has 98 valence electrons. The fraction of sp³-hybridized carbons (Fsp3) is 0.188. The Morgan fingerprint density at radius 3 is 2.32 bits per heavy atom. The summed E-state index contributed by atoms with van der Waals surface area (Å²) >= 11 is 4.97. The van der Waals surface area contributed by atoms with Crippen LogP contribution < -0.4 is 10.6 Å². The summed E-state index contributed by atoms with van der Waals surface area (Å²) in [6, 6.07) is 16.5. The Balaban J connectivity index is 2.34. The Kier molecular flexibility index (Phi) is 4.17. The van der Waals surface area contributed by atoms with Gasteiger partial charge in [0.2, 0.25) is 0 Å². The van der Waals surface area contributed by atoms with E-state index in [1.165, 1.54) is 11.3 Å². The fourth-order valence-corrected chi connectivity index (χ4v) is 2.25. The van der Waals surface area contributed by atoms with Gasteiger partial charge in [-0.1, -0.05) is 24.4 Å². The second-order valence-electron chi connectivity index (χ2n) is 4.49. The lowest BCUT2D eigenvalue weighted by Gasteiger charge is -2.24. The van der Waals surface area contributed by atoms with E-state index in [0.29, 0.717) is 4.99 Å². The largest absolute Gasteiger partial charge is 0.389 e. The number of thiocarbonyl (C=S) groups is 1. The van der Waals surface area contributed by atoms with Gasteiger partial charge in [0, 0.05) is 23.5 Å². The molecule has 0 saturated heterocycles. The molecule has 0 heterocycles. The minimum Gasteiger partial charge on any atom is -0.389 e. The molecule has 0 saturated carbocycles. The molecule has 0 unspecified atom stereocenters. The van der Waals surface area contributed by atoms with E-state index in [2.05, 4.69) is 55.1 Å². The number of hydrogen-bond donors (Lipinski definition) is 1. The van der Waals surface area contributed by atoms with E-state index in [1.807, 2.05) is 12.1 Å². The van der Waals surface area contributed by atoms with Gasteiger partial charge in [0.05, 0.1) is 0 Å². The fourth-order valence-electron chi connectivity index (χ4n) is 2.12. The number of anilines is 2. The molecule has 0 amide bonds. The second kappa shape index (κ2) is 5.85. The smallest absolute Gasteiger partial charge is 0.103 e. The number of hydrogen-bond acceptors (Lipinski definition) is 2. The van der Waals surface area contributed by atoms with Crippen molar-refractivity contribution in [2.45, 2.75) is 13.8 Å². The maximum Gasteiger partial charge on any atom is 0.103 e. The molecule has 0 aliphatic carbocycles. The van der Waals surface area contributed by atoms with E-state index >= 15 is 0 Å². The van der Waals surface area contributed by atoms with Crippen LogP contribution in [0.2, 0.25) is 0 Å². The molecule has 3 heteroatoms. The molecule has 0 radical (unpaired) electrons. The van der Waals surface area contributed by atoms with Gasteiger partial charge in [-0.05, 0) is 55.8 Å². The lowest BCUT2D eigenvalue weighted by Crippen LogP contribution is -2.16. The van der Waals surface area contributed by atoms with E-state index in [9.17, 15) is 0 Å². The Labute approximate surface area is 119 Å². The van der Waals surface area contributed by atoms with Gasteiger partial charge in [-0.15, -0.1) is 0 Å². The van der Waals surface area contributed by atoms with Crippen molar-refractivity contribution in [3.05, 3.63) is 59.7 Å². The van der Waals surface area contributed by atoms with Crippen molar-refractivity contribution in [2.24, 2.45) is 5.73 Å². The Morgan fingerprint density at radius 2 is 1.79 bits per heavy atom. The molecule has 2 rings (SSSR count). The summed E-state index contributed by atoms with van der Waals surface area (Å²) in [7, 11) is 0. The quantitative estimate of drug-likeness (QED) is 0.857. The zero-order valence-corrected chi connectivity index (χ0v) is 12.1. The van der Waals surface area contributed by atoms with E-state index in [0.717, 1.165) is 17.8 Å². The highest BCUT2D eigenvalue weighted by molar-refractivity contribution is 7.80. The molecule has 2 nitrogen and oxygen atoms in total. The second-order valence-corrected chi connectivity index (χ2v) is 4.93. The van der Waals surface area contributed by atoms with Crippen molar-refractivity contribution >= 4 is 28.6 Å². The molecule has 0 fully saturated rings. The molecular formula is C16H18N2S. The number of nitrogens with two attached hydrogens (primary N) is 1. The monoisotopic (exact) mass is 270 g/mol. The highest BCUT2D eigenvalue weighted by Gasteiger charge is 2.07. The van der Waals surface area contributed by atoms with Crippen LogP contribution in [0.15, 0.2) is 48.5 Å². The zero-order chi connectivity index (χ0) is 13.8. The lowest BCUT2D eigenvalue weighted by molar-refractivity contribution is 1.02. The average molecular weight is 270 g/mol. The average Bonchev–Trinajstić information content (AvgIpc) is 2.40. The summed E-state index contributed by atoms with van der Waals surface area (Å²) in [5.74, 6) is 0. The van der Waals surface area contributed by atoms with Crippen LogP contribution >= 0.6 is 12.2 Å². The van der Waals surface area contributed by atoms with E-state index in [1.54, 1.807) is 0 Å². The number of aryl methyl sites for hydroxylation is 1. The summed E-state index contributed by atoms with van der Waals surface area (Å²) in [4.78, 5) is 2.70. The minimum atomic E-state index is 0.435. The molecule has 2 aromatic carbocycles. The summed E-state index contributed by atoms with van der Waals surface area (Å²) in [5.41, 5.74) is 10.1. The molecule has 19 heavy (non-hydrogen) atoms. The third kappa shape index (κ3) is 3.12. The molecule has 0 aromatic heterocycles. The molecule has 0 bridgehead atoms. The molecule has 0 aliphatic heterocycles. The molecule has 0 spiro atoms. The molecule has 0 aliphatic rings. The van der Waals surface area contributed by atoms with Crippen molar-refractivity contribution in [1.82, 2.24) is 0 Å². The van der Waals surface area contributed by atoms with Gasteiger partial charge in [0.1, 0.15) is 4.99 Å². The Bertz CT molecular complexity index is 576. The van der Waals surface area contributed by atoms with Gasteiger partial charge in [0.25, 0.3) is 0 Å². The molecule has 0 atom stereocenters. The van der Waals surface area contributed by atoms with Crippen molar-refractivity contribution < 1.29 is 0 Å². The van der Waals surface area contributed by atoms with Crippen LogP contribution in [0.3, 0.4) is 0 Å². The van der Waals surface area contributed by atoms with Gasteiger partial charge in [0.15, 0.2) is 0 Å². The Hall–Kier alpha value is -1.87. The lowest BCUT2D eigenvalue weighted by atomic mass is 10.1. The predicted molar refractivity (Wildman–Crippen MR) is 86.2 cm³/mol. The zero-order valence-electron chi connectivity index (χ0n) is 11.3. The van der Waals surface area contributed by atoms with E-state index in [-0.39, 0.29) is 0 Å². The van der Waals surface area contributed by atoms with Crippen LogP contribution in [-0.2, 0) is 0 Å². The van der Waals surface area contributed by atoms with Gasteiger partial charge in [-0.25, -0.2) is 0 Å². The maximum atomic E-state index is 5.62. The van der Waals surface area contributed by atoms with Crippen LogP contribution in [0.5, 0.6) is 0 Å². The maximum absolute atomic E-state index is 5.62. The summed E-state index contributed by atoms with van der Waals surface area (Å²) < 4.78 is 0. The first-order valence-corrected chi connectivity index (χ1v) is 6.76. The van der Waals surface area contributed by atoms with Crippen molar-refractivity contribution in [3.8, 4) is 0 Å². The third-order valence-corrected chi connectivity index (χ3v) is 3.33. The first kappa shape index (κ1) is 13.6. The summed E-state index contributed by atoms with van der Waals surface area (Å²) in [6.07, 6.45) is 0. The normalized spacial score (nSPS) is 10.2. The van der Waals surface area contributed by atoms with Crippen LogP contribution in [0, 0.1) is 6.92 Å². The summed E-state index contributed by atoms with van der Waals surface area (Å²) in [6.45, 7) is 5.16. The van der Waals surface area contributed by atoms with Crippen LogP contribution in [0.25, 0.3) is 0 Å². The first-order chi connectivity index (χ1) is 9.11. The molecule has 2 N–H and O–H groups in total.